The SMILES string of the molecule is CC(C)(C)OC(=O)NCc1csnn1. The summed E-state index contributed by atoms with van der Waals surface area (Å²) in [6.07, 6.45) is -0.439. The lowest BCUT2D eigenvalue weighted by Gasteiger charge is -2.19. The molecular weight excluding hydrogens is 202 g/mol. The zero-order valence-corrected chi connectivity index (χ0v) is 9.22. The third-order valence-corrected chi connectivity index (χ3v) is 1.77. The Kier molecular flexibility index (Phi) is 3.40. The molecule has 0 aromatic carbocycles. The molecular formula is C8H13N3O2S. The highest BCUT2D eigenvalue weighted by Gasteiger charge is 2.15. The van der Waals surface area contributed by atoms with Crippen LogP contribution in [0, 0.1) is 0 Å². The normalized spacial score (nSPS) is 11.1. The molecule has 0 aliphatic carbocycles. The average Bonchev–Trinajstić information content (AvgIpc) is 2.49. The number of rotatable bonds is 2. The summed E-state index contributed by atoms with van der Waals surface area (Å²) in [5.41, 5.74) is 0.269. The zero-order chi connectivity index (χ0) is 10.6. The van der Waals surface area contributed by atoms with Gasteiger partial charge in [0.1, 0.15) is 5.60 Å². The molecule has 1 aromatic heterocycles. The first-order valence-electron chi connectivity index (χ1n) is 4.20. The number of carbonyl (C=O) groups excluding carboxylic acids is 1. The van der Waals surface area contributed by atoms with E-state index in [2.05, 4.69) is 14.9 Å². The van der Waals surface area contributed by atoms with E-state index in [0.29, 0.717) is 6.54 Å². The predicted molar refractivity (Wildman–Crippen MR) is 53.0 cm³/mol. The van der Waals surface area contributed by atoms with Crippen LogP contribution in [-0.2, 0) is 11.3 Å². The van der Waals surface area contributed by atoms with E-state index in [-0.39, 0.29) is 0 Å². The standard InChI is InChI=1S/C8H13N3O2S/c1-8(2,3)13-7(12)9-4-6-5-14-11-10-6/h5H,4H2,1-3H3,(H,9,12). The Hall–Kier alpha value is -1.17. The number of hydrogen-bond donors (Lipinski definition) is 1. The van der Waals surface area contributed by atoms with Gasteiger partial charge in [-0.3, -0.25) is 0 Å². The van der Waals surface area contributed by atoms with Gasteiger partial charge in [-0.15, -0.1) is 5.10 Å². The molecule has 5 nitrogen and oxygen atoms in total. The van der Waals surface area contributed by atoms with Gasteiger partial charge in [0.15, 0.2) is 0 Å². The molecule has 0 atom stereocenters. The first-order chi connectivity index (χ1) is 6.47. The Morgan fingerprint density at radius 2 is 2.36 bits per heavy atom. The number of ether oxygens (including phenoxy) is 1. The molecule has 78 valence electrons. The molecule has 0 fully saturated rings. The van der Waals surface area contributed by atoms with Crippen LogP contribution in [0.1, 0.15) is 26.5 Å². The van der Waals surface area contributed by atoms with Gasteiger partial charge in [-0.1, -0.05) is 4.49 Å². The van der Waals surface area contributed by atoms with Gasteiger partial charge in [-0.2, -0.15) is 0 Å². The van der Waals surface area contributed by atoms with Crippen molar-refractivity contribution >= 4 is 17.6 Å². The number of amides is 1. The summed E-state index contributed by atoms with van der Waals surface area (Å²) in [5, 5.41) is 8.14. The van der Waals surface area contributed by atoms with Gasteiger partial charge in [-0.05, 0) is 32.3 Å². The largest absolute Gasteiger partial charge is 0.444 e. The van der Waals surface area contributed by atoms with Gasteiger partial charge in [0.05, 0.1) is 12.2 Å². The van der Waals surface area contributed by atoms with Crippen molar-refractivity contribution in [2.45, 2.75) is 32.9 Å². The van der Waals surface area contributed by atoms with Crippen molar-refractivity contribution in [2.24, 2.45) is 0 Å². The van der Waals surface area contributed by atoms with E-state index in [0.717, 1.165) is 5.69 Å². The molecule has 0 saturated heterocycles. The fraction of sp³-hybridized carbons (Fsp3) is 0.625. The average molecular weight is 215 g/mol. The van der Waals surface area contributed by atoms with E-state index >= 15 is 0 Å². The van der Waals surface area contributed by atoms with Crippen molar-refractivity contribution in [1.82, 2.24) is 14.9 Å². The first-order valence-corrected chi connectivity index (χ1v) is 5.04. The van der Waals surface area contributed by atoms with E-state index in [1.165, 1.54) is 11.5 Å². The minimum atomic E-state index is -0.468. The maximum atomic E-state index is 11.2. The first kappa shape index (κ1) is 10.9. The minimum Gasteiger partial charge on any atom is -0.444 e. The number of carbonyl (C=O) groups is 1. The van der Waals surface area contributed by atoms with Crippen molar-refractivity contribution in [3.8, 4) is 0 Å². The van der Waals surface area contributed by atoms with E-state index in [4.69, 9.17) is 4.74 Å². The molecule has 0 unspecified atom stereocenters. The predicted octanol–water partition coefficient (Wildman–Crippen LogP) is 1.56. The quantitative estimate of drug-likeness (QED) is 0.813. The van der Waals surface area contributed by atoms with Gasteiger partial charge in [0.2, 0.25) is 0 Å². The van der Waals surface area contributed by atoms with Crippen LogP contribution in [0.15, 0.2) is 5.38 Å². The lowest BCUT2D eigenvalue weighted by molar-refractivity contribution is 0.0523. The number of nitrogens with one attached hydrogen (secondary N) is 1. The van der Waals surface area contributed by atoms with Crippen molar-refractivity contribution in [2.75, 3.05) is 0 Å². The van der Waals surface area contributed by atoms with Crippen LogP contribution in [0.2, 0.25) is 0 Å². The Balaban J connectivity index is 2.29. The van der Waals surface area contributed by atoms with Crippen LogP contribution in [0.5, 0.6) is 0 Å². The fourth-order valence-corrected chi connectivity index (χ4v) is 1.19. The van der Waals surface area contributed by atoms with Gasteiger partial charge in [-0.25, -0.2) is 4.79 Å². The molecule has 0 radical (unpaired) electrons. The smallest absolute Gasteiger partial charge is 0.407 e. The summed E-state index contributed by atoms with van der Waals surface area (Å²) in [6.45, 7) is 5.80. The molecule has 1 aromatic rings. The van der Waals surface area contributed by atoms with E-state index in [9.17, 15) is 4.79 Å². The summed E-state index contributed by atoms with van der Waals surface area (Å²) in [5.74, 6) is 0. The third-order valence-electron chi connectivity index (χ3n) is 1.22. The Morgan fingerprint density at radius 1 is 1.64 bits per heavy atom. The number of alkyl carbamates (subject to hydrolysis) is 1. The van der Waals surface area contributed by atoms with Gasteiger partial charge >= 0.3 is 6.09 Å². The molecule has 0 bridgehead atoms. The zero-order valence-electron chi connectivity index (χ0n) is 8.40. The summed E-state index contributed by atoms with van der Waals surface area (Å²) in [6, 6.07) is 0. The summed E-state index contributed by atoms with van der Waals surface area (Å²) < 4.78 is 8.72. The Morgan fingerprint density at radius 3 is 2.86 bits per heavy atom. The summed E-state index contributed by atoms with van der Waals surface area (Å²) >= 11 is 1.25. The molecule has 1 N–H and O–H groups in total. The number of aromatic nitrogens is 2. The molecule has 14 heavy (non-hydrogen) atoms. The van der Waals surface area contributed by atoms with E-state index in [1.807, 2.05) is 20.8 Å². The van der Waals surface area contributed by atoms with Crippen LogP contribution in [0.25, 0.3) is 0 Å². The van der Waals surface area contributed by atoms with Crippen LogP contribution in [0.4, 0.5) is 4.79 Å². The maximum Gasteiger partial charge on any atom is 0.407 e. The monoisotopic (exact) mass is 215 g/mol. The van der Waals surface area contributed by atoms with Crippen molar-refractivity contribution in [3.63, 3.8) is 0 Å². The van der Waals surface area contributed by atoms with Crippen molar-refractivity contribution in [3.05, 3.63) is 11.1 Å². The van der Waals surface area contributed by atoms with Crippen molar-refractivity contribution < 1.29 is 9.53 Å². The Bertz CT molecular complexity index is 292. The molecule has 0 aliphatic rings. The molecule has 1 rings (SSSR count). The van der Waals surface area contributed by atoms with Gasteiger partial charge < -0.3 is 10.1 Å². The fourth-order valence-electron chi connectivity index (χ4n) is 0.738. The molecule has 0 aliphatic heterocycles. The van der Waals surface area contributed by atoms with Crippen LogP contribution < -0.4 is 5.32 Å². The number of hydrogen-bond acceptors (Lipinski definition) is 5. The molecule has 1 heterocycles. The highest BCUT2D eigenvalue weighted by atomic mass is 32.1. The minimum absolute atomic E-state index is 0.353. The summed E-state index contributed by atoms with van der Waals surface area (Å²) in [4.78, 5) is 11.2. The second kappa shape index (κ2) is 4.36. The molecule has 6 heteroatoms. The molecule has 0 saturated carbocycles. The number of nitrogens with zero attached hydrogens (tertiary/aromatic N) is 2. The lowest BCUT2D eigenvalue weighted by atomic mass is 10.2. The highest BCUT2D eigenvalue weighted by Crippen LogP contribution is 2.06. The second-order valence-corrected chi connectivity index (χ2v) is 4.36. The van der Waals surface area contributed by atoms with Gasteiger partial charge in [0, 0.05) is 5.38 Å². The third kappa shape index (κ3) is 4.18. The van der Waals surface area contributed by atoms with Crippen LogP contribution in [0.3, 0.4) is 0 Å². The summed E-state index contributed by atoms with van der Waals surface area (Å²) in [7, 11) is 0. The highest BCUT2D eigenvalue weighted by molar-refractivity contribution is 7.03. The van der Waals surface area contributed by atoms with Crippen LogP contribution in [-0.4, -0.2) is 21.3 Å². The molecule has 1 amide bonds. The Labute approximate surface area is 86.6 Å². The van der Waals surface area contributed by atoms with E-state index < -0.39 is 11.7 Å². The maximum absolute atomic E-state index is 11.2. The van der Waals surface area contributed by atoms with Crippen LogP contribution >= 0.6 is 11.5 Å². The van der Waals surface area contributed by atoms with Crippen molar-refractivity contribution in [1.29, 1.82) is 0 Å². The van der Waals surface area contributed by atoms with Gasteiger partial charge in [0.25, 0.3) is 0 Å². The topological polar surface area (TPSA) is 64.1 Å². The molecule has 0 spiro atoms. The second-order valence-electron chi connectivity index (χ2n) is 3.75. The lowest BCUT2D eigenvalue weighted by Crippen LogP contribution is -2.32. The van der Waals surface area contributed by atoms with E-state index in [1.54, 1.807) is 5.38 Å².